The van der Waals surface area contributed by atoms with Crippen LogP contribution in [0.3, 0.4) is 0 Å². The summed E-state index contributed by atoms with van der Waals surface area (Å²) in [6.45, 7) is 0.114. The molecule has 2 N–H and O–H groups in total. The number of nitrogens with zero attached hydrogens (tertiary/aromatic N) is 3. The number of rotatable bonds is 5. The molecule has 118 valence electrons. The Hall–Kier alpha value is -1.80. The molecule has 21 heavy (non-hydrogen) atoms. The number of nitrogens with two attached hydrogens (primary N) is 1. The van der Waals surface area contributed by atoms with Crippen LogP contribution in [0.5, 0.6) is 0 Å². The van der Waals surface area contributed by atoms with Crippen LogP contribution in [0.25, 0.3) is 0 Å². The molecule has 8 heteroatoms. The standard InChI is InChI=1S/C13H22N4O3S/c1-15(2)12(18)9-17(5)10-7-6-8-11(13(10)14)21(19,20)16(3)4/h6-8H,9,14H2,1-5H3. The van der Waals surface area contributed by atoms with Crippen molar-refractivity contribution in [2.24, 2.45) is 0 Å². The molecule has 0 bridgehead atoms. The summed E-state index contributed by atoms with van der Waals surface area (Å²) in [5, 5.41) is 0. The van der Waals surface area contributed by atoms with Crippen LogP contribution < -0.4 is 10.6 Å². The first-order valence-electron chi connectivity index (χ1n) is 6.31. The van der Waals surface area contributed by atoms with Crippen LogP contribution in [-0.4, -0.2) is 65.3 Å². The molecule has 1 aromatic rings. The van der Waals surface area contributed by atoms with Crippen molar-refractivity contribution in [3.8, 4) is 0 Å². The number of nitrogen functional groups attached to an aromatic ring is 1. The van der Waals surface area contributed by atoms with E-state index in [1.54, 1.807) is 38.2 Å². The highest BCUT2D eigenvalue weighted by molar-refractivity contribution is 7.89. The van der Waals surface area contributed by atoms with Crippen molar-refractivity contribution in [2.75, 3.05) is 52.4 Å². The molecule has 0 aliphatic rings. The Bertz CT molecular complexity index is 626. The van der Waals surface area contributed by atoms with Crippen LogP contribution in [-0.2, 0) is 14.8 Å². The third kappa shape index (κ3) is 3.64. The average Bonchev–Trinajstić information content (AvgIpc) is 2.37. The Kier molecular flexibility index (Phi) is 5.19. The van der Waals surface area contributed by atoms with Crippen LogP contribution in [0.15, 0.2) is 23.1 Å². The molecule has 0 aliphatic carbocycles. The third-order valence-electron chi connectivity index (χ3n) is 3.08. The lowest BCUT2D eigenvalue weighted by Crippen LogP contribution is -2.35. The third-order valence-corrected chi connectivity index (χ3v) is 4.96. The highest BCUT2D eigenvalue weighted by Crippen LogP contribution is 2.30. The highest BCUT2D eigenvalue weighted by Gasteiger charge is 2.23. The van der Waals surface area contributed by atoms with E-state index in [9.17, 15) is 13.2 Å². The molecule has 1 amide bonds. The van der Waals surface area contributed by atoms with Gasteiger partial charge in [0.1, 0.15) is 4.90 Å². The normalized spacial score (nSPS) is 11.5. The second kappa shape index (κ2) is 6.31. The lowest BCUT2D eigenvalue weighted by Gasteiger charge is -2.24. The number of hydrogen-bond acceptors (Lipinski definition) is 5. The zero-order valence-corrected chi connectivity index (χ0v) is 13.8. The number of hydrogen-bond donors (Lipinski definition) is 1. The number of likely N-dealkylation sites (N-methyl/N-ethyl adjacent to an activating group) is 2. The van der Waals surface area contributed by atoms with Crippen LogP contribution in [0, 0.1) is 0 Å². The van der Waals surface area contributed by atoms with E-state index in [-0.39, 0.29) is 23.0 Å². The monoisotopic (exact) mass is 314 g/mol. The Morgan fingerprint density at radius 2 is 1.71 bits per heavy atom. The molecule has 0 fully saturated rings. The summed E-state index contributed by atoms with van der Waals surface area (Å²) >= 11 is 0. The lowest BCUT2D eigenvalue weighted by atomic mass is 10.2. The molecule has 0 atom stereocenters. The van der Waals surface area contributed by atoms with E-state index in [0.29, 0.717) is 5.69 Å². The summed E-state index contributed by atoms with van der Waals surface area (Å²) in [4.78, 5) is 14.9. The minimum atomic E-state index is -3.62. The zero-order chi connectivity index (χ0) is 16.4. The number of sulfonamides is 1. The van der Waals surface area contributed by atoms with Gasteiger partial charge in [0.2, 0.25) is 15.9 Å². The van der Waals surface area contributed by atoms with Crippen molar-refractivity contribution in [2.45, 2.75) is 4.90 Å². The summed E-state index contributed by atoms with van der Waals surface area (Å²) in [7, 11) is 4.28. The van der Waals surface area contributed by atoms with Gasteiger partial charge in [-0.15, -0.1) is 0 Å². The topological polar surface area (TPSA) is 87.0 Å². The molecule has 0 unspecified atom stereocenters. The van der Waals surface area contributed by atoms with Gasteiger partial charge in [0.15, 0.2) is 0 Å². The predicted molar refractivity (Wildman–Crippen MR) is 83.7 cm³/mol. The maximum atomic E-state index is 12.2. The van der Waals surface area contributed by atoms with Gasteiger partial charge >= 0.3 is 0 Å². The number of anilines is 2. The van der Waals surface area contributed by atoms with Crippen LogP contribution in [0.2, 0.25) is 0 Å². The van der Waals surface area contributed by atoms with Crippen molar-refractivity contribution in [3.63, 3.8) is 0 Å². The van der Waals surface area contributed by atoms with Gasteiger partial charge in [0.25, 0.3) is 0 Å². The minimum absolute atomic E-state index is 0.0363. The molecular formula is C13H22N4O3S. The van der Waals surface area contributed by atoms with Gasteiger partial charge < -0.3 is 15.5 Å². The van der Waals surface area contributed by atoms with E-state index in [2.05, 4.69) is 0 Å². The summed E-state index contributed by atoms with van der Waals surface area (Å²) in [6.07, 6.45) is 0. The van der Waals surface area contributed by atoms with Crippen molar-refractivity contribution >= 4 is 27.3 Å². The number of carbonyl (C=O) groups excluding carboxylic acids is 1. The van der Waals surface area contributed by atoms with Gasteiger partial charge in [-0.05, 0) is 12.1 Å². The first-order valence-corrected chi connectivity index (χ1v) is 7.75. The highest BCUT2D eigenvalue weighted by atomic mass is 32.2. The minimum Gasteiger partial charge on any atom is -0.396 e. The van der Waals surface area contributed by atoms with Crippen molar-refractivity contribution < 1.29 is 13.2 Å². The van der Waals surface area contributed by atoms with E-state index in [1.165, 1.54) is 25.1 Å². The van der Waals surface area contributed by atoms with Gasteiger partial charge in [-0.1, -0.05) is 6.07 Å². The summed E-state index contributed by atoms with van der Waals surface area (Å²) < 4.78 is 25.5. The van der Waals surface area contributed by atoms with E-state index in [0.717, 1.165) is 4.31 Å². The predicted octanol–water partition coefficient (Wildman–Crippen LogP) is 0.0435. The summed E-state index contributed by atoms with van der Waals surface area (Å²) in [5.41, 5.74) is 6.63. The fraction of sp³-hybridized carbons (Fsp3) is 0.462. The van der Waals surface area contributed by atoms with E-state index >= 15 is 0 Å². The van der Waals surface area contributed by atoms with Crippen molar-refractivity contribution in [3.05, 3.63) is 18.2 Å². The molecule has 0 radical (unpaired) electrons. The molecular weight excluding hydrogens is 292 g/mol. The largest absolute Gasteiger partial charge is 0.396 e. The molecule has 0 aromatic heterocycles. The van der Waals surface area contributed by atoms with Gasteiger partial charge in [-0.3, -0.25) is 4.79 Å². The fourth-order valence-corrected chi connectivity index (χ4v) is 2.74. The maximum absolute atomic E-state index is 12.2. The molecule has 0 heterocycles. The lowest BCUT2D eigenvalue weighted by molar-refractivity contribution is -0.127. The molecule has 1 rings (SSSR count). The maximum Gasteiger partial charge on any atom is 0.244 e. The number of carbonyl (C=O) groups is 1. The van der Waals surface area contributed by atoms with Crippen LogP contribution in [0.4, 0.5) is 11.4 Å². The SMILES string of the molecule is CN(C)C(=O)CN(C)c1cccc(S(=O)(=O)N(C)C)c1N. The first-order chi connectivity index (χ1) is 9.59. The Labute approximate surface area is 126 Å². The van der Waals surface area contributed by atoms with E-state index in [1.807, 2.05) is 0 Å². The van der Waals surface area contributed by atoms with Gasteiger partial charge in [0.05, 0.1) is 17.9 Å². The molecule has 0 spiro atoms. The van der Waals surface area contributed by atoms with Crippen LogP contribution in [0.1, 0.15) is 0 Å². The second-order valence-electron chi connectivity index (χ2n) is 5.12. The average molecular weight is 314 g/mol. The Morgan fingerprint density at radius 3 is 2.19 bits per heavy atom. The van der Waals surface area contributed by atoms with Crippen LogP contribution >= 0.6 is 0 Å². The van der Waals surface area contributed by atoms with E-state index < -0.39 is 10.0 Å². The summed E-state index contributed by atoms with van der Waals surface area (Å²) in [6, 6.07) is 4.75. The fourth-order valence-electron chi connectivity index (χ4n) is 1.72. The quantitative estimate of drug-likeness (QED) is 0.776. The molecule has 1 aromatic carbocycles. The van der Waals surface area contributed by atoms with Gasteiger partial charge in [-0.2, -0.15) is 0 Å². The van der Waals surface area contributed by atoms with Crippen molar-refractivity contribution in [1.29, 1.82) is 0 Å². The van der Waals surface area contributed by atoms with E-state index in [4.69, 9.17) is 5.73 Å². The molecule has 0 aliphatic heterocycles. The number of amides is 1. The summed E-state index contributed by atoms with van der Waals surface area (Å²) in [5.74, 6) is -0.0993. The molecule has 0 saturated carbocycles. The number of benzene rings is 1. The molecule has 7 nitrogen and oxygen atoms in total. The second-order valence-corrected chi connectivity index (χ2v) is 7.24. The first kappa shape index (κ1) is 17.3. The zero-order valence-electron chi connectivity index (χ0n) is 13.0. The van der Waals surface area contributed by atoms with Crippen molar-refractivity contribution in [1.82, 2.24) is 9.21 Å². The van der Waals surface area contributed by atoms with Gasteiger partial charge in [-0.25, -0.2) is 12.7 Å². The van der Waals surface area contributed by atoms with Gasteiger partial charge in [0, 0.05) is 35.2 Å². The smallest absolute Gasteiger partial charge is 0.244 e. The number of para-hydroxylation sites is 1. The Balaban J connectivity index is 3.21. The molecule has 0 saturated heterocycles. The Morgan fingerprint density at radius 1 is 1.14 bits per heavy atom.